The molecule has 0 saturated heterocycles. The standard InChI is InChI=1S/C14H15F2NO3S2/c1-8-5-10(20-13(15)16)11(22-8)12(18)17-7-14(2,19)9-3-4-21-6-9/h3-6,13,19H,7H2,1-2H3,(H,17,18). The molecule has 1 atom stereocenters. The molecule has 0 aliphatic rings. The third kappa shape index (κ3) is 4.02. The van der Waals surface area contributed by atoms with Crippen LogP contribution in [0.25, 0.3) is 0 Å². The first kappa shape index (κ1) is 16.9. The highest BCUT2D eigenvalue weighted by Gasteiger charge is 2.26. The summed E-state index contributed by atoms with van der Waals surface area (Å²) in [5.74, 6) is -0.700. The molecule has 1 unspecified atom stereocenters. The summed E-state index contributed by atoms with van der Waals surface area (Å²) in [6.45, 7) is 0.245. The van der Waals surface area contributed by atoms with Gasteiger partial charge in [-0.25, -0.2) is 0 Å². The lowest BCUT2D eigenvalue weighted by atomic mass is 9.99. The van der Waals surface area contributed by atoms with Crippen LogP contribution in [-0.2, 0) is 5.60 Å². The molecule has 0 aliphatic carbocycles. The summed E-state index contributed by atoms with van der Waals surface area (Å²) in [5.41, 5.74) is -0.546. The van der Waals surface area contributed by atoms with Gasteiger partial charge in [-0.05, 0) is 42.3 Å². The van der Waals surface area contributed by atoms with Gasteiger partial charge in [0.05, 0.1) is 6.54 Å². The number of hydrogen-bond acceptors (Lipinski definition) is 5. The van der Waals surface area contributed by atoms with Crippen LogP contribution in [0.4, 0.5) is 8.78 Å². The third-order valence-corrected chi connectivity index (χ3v) is 4.69. The second-order valence-corrected chi connectivity index (χ2v) is 6.93. The number of thiophene rings is 2. The third-order valence-electron chi connectivity index (χ3n) is 2.98. The van der Waals surface area contributed by atoms with E-state index in [-0.39, 0.29) is 17.2 Å². The molecule has 2 aromatic heterocycles. The zero-order valence-electron chi connectivity index (χ0n) is 11.9. The normalized spacial score (nSPS) is 13.9. The summed E-state index contributed by atoms with van der Waals surface area (Å²) < 4.78 is 29.0. The fourth-order valence-corrected chi connectivity index (χ4v) is 3.48. The van der Waals surface area contributed by atoms with Gasteiger partial charge in [0, 0.05) is 4.88 Å². The van der Waals surface area contributed by atoms with Gasteiger partial charge in [-0.1, -0.05) is 0 Å². The van der Waals surface area contributed by atoms with Gasteiger partial charge >= 0.3 is 6.61 Å². The number of rotatable bonds is 6. The Morgan fingerprint density at radius 3 is 2.86 bits per heavy atom. The topological polar surface area (TPSA) is 58.6 Å². The number of hydrogen-bond donors (Lipinski definition) is 2. The molecule has 2 heterocycles. The van der Waals surface area contributed by atoms with Gasteiger partial charge in [0.25, 0.3) is 5.91 Å². The Bertz CT molecular complexity index is 639. The molecule has 22 heavy (non-hydrogen) atoms. The maximum absolute atomic E-state index is 12.3. The van der Waals surface area contributed by atoms with Gasteiger partial charge in [0.2, 0.25) is 0 Å². The van der Waals surface area contributed by atoms with Gasteiger partial charge in [0.1, 0.15) is 16.2 Å². The van der Waals surface area contributed by atoms with E-state index >= 15 is 0 Å². The van der Waals surface area contributed by atoms with Crippen LogP contribution in [0.5, 0.6) is 5.75 Å². The molecule has 0 aromatic carbocycles. The maximum atomic E-state index is 12.3. The number of carbonyl (C=O) groups is 1. The van der Waals surface area contributed by atoms with Gasteiger partial charge in [-0.3, -0.25) is 4.79 Å². The van der Waals surface area contributed by atoms with Gasteiger partial charge in [-0.2, -0.15) is 20.1 Å². The van der Waals surface area contributed by atoms with Crippen LogP contribution < -0.4 is 10.1 Å². The average Bonchev–Trinajstić information content (AvgIpc) is 3.05. The van der Waals surface area contributed by atoms with Crippen molar-refractivity contribution in [3.05, 3.63) is 38.2 Å². The van der Waals surface area contributed by atoms with Crippen LogP contribution >= 0.6 is 22.7 Å². The van der Waals surface area contributed by atoms with E-state index in [4.69, 9.17) is 0 Å². The van der Waals surface area contributed by atoms with E-state index in [1.54, 1.807) is 25.3 Å². The number of aliphatic hydroxyl groups is 1. The van der Waals surface area contributed by atoms with Gasteiger partial charge in [0.15, 0.2) is 0 Å². The van der Waals surface area contributed by atoms with Crippen LogP contribution in [0, 0.1) is 6.92 Å². The second-order valence-electron chi connectivity index (χ2n) is 4.90. The minimum atomic E-state index is -2.99. The zero-order chi connectivity index (χ0) is 16.3. The summed E-state index contributed by atoms with van der Waals surface area (Å²) >= 11 is 2.50. The van der Waals surface area contributed by atoms with E-state index in [1.807, 2.05) is 5.38 Å². The number of aryl methyl sites for hydroxylation is 1. The second kappa shape index (κ2) is 6.72. The van der Waals surface area contributed by atoms with Crippen molar-refractivity contribution < 1.29 is 23.4 Å². The van der Waals surface area contributed by atoms with Crippen LogP contribution in [0.3, 0.4) is 0 Å². The predicted molar refractivity (Wildman–Crippen MR) is 81.9 cm³/mol. The Morgan fingerprint density at radius 2 is 2.27 bits per heavy atom. The van der Waals surface area contributed by atoms with E-state index in [9.17, 15) is 18.7 Å². The number of alkyl halides is 2. The maximum Gasteiger partial charge on any atom is 0.387 e. The largest absolute Gasteiger partial charge is 0.433 e. The molecular weight excluding hydrogens is 332 g/mol. The van der Waals surface area contributed by atoms with Crippen LogP contribution in [0.15, 0.2) is 22.9 Å². The van der Waals surface area contributed by atoms with Crippen molar-refractivity contribution in [2.75, 3.05) is 6.54 Å². The Labute approximate surface area is 134 Å². The molecule has 4 nitrogen and oxygen atoms in total. The monoisotopic (exact) mass is 347 g/mol. The zero-order valence-corrected chi connectivity index (χ0v) is 13.6. The number of amides is 1. The van der Waals surface area contributed by atoms with Crippen molar-refractivity contribution >= 4 is 28.6 Å². The highest BCUT2D eigenvalue weighted by Crippen LogP contribution is 2.30. The van der Waals surface area contributed by atoms with Crippen molar-refractivity contribution in [1.29, 1.82) is 0 Å². The highest BCUT2D eigenvalue weighted by atomic mass is 32.1. The molecule has 0 saturated carbocycles. The average molecular weight is 347 g/mol. The quantitative estimate of drug-likeness (QED) is 0.842. The van der Waals surface area contributed by atoms with Crippen LogP contribution in [-0.4, -0.2) is 24.2 Å². The fraction of sp³-hybridized carbons (Fsp3) is 0.357. The first-order valence-corrected chi connectivity index (χ1v) is 8.14. The van der Waals surface area contributed by atoms with Gasteiger partial charge in [-0.15, -0.1) is 11.3 Å². The highest BCUT2D eigenvalue weighted by molar-refractivity contribution is 7.14. The molecule has 2 N–H and O–H groups in total. The summed E-state index contributed by atoms with van der Waals surface area (Å²) in [4.78, 5) is 12.9. The lowest BCUT2D eigenvalue weighted by molar-refractivity contribution is -0.0498. The van der Waals surface area contributed by atoms with Crippen LogP contribution in [0.1, 0.15) is 27.0 Å². The Morgan fingerprint density at radius 1 is 1.55 bits per heavy atom. The number of carbonyl (C=O) groups excluding carboxylic acids is 1. The molecule has 0 radical (unpaired) electrons. The molecule has 8 heteroatoms. The summed E-state index contributed by atoms with van der Waals surface area (Å²) in [7, 11) is 0. The molecule has 1 amide bonds. The van der Waals surface area contributed by atoms with E-state index < -0.39 is 18.1 Å². The number of halogens is 2. The molecule has 0 spiro atoms. The first-order chi connectivity index (χ1) is 10.3. The predicted octanol–water partition coefficient (Wildman–Crippen LogP) is 3.36. The minimum absolute atomic E-state index is 0.0341. The van der Waals surface area contributed by atoms with Crippen molar-refractivity contribution in [2.45, 2.75) is 26.1 Å². The molecule has 0 bridgehead atoms. The Hall–Kier alpha value is -1.51. The summed E-state index contributed by atoms with van der Waals surface area (Å²) in [6.07, 6.45) is 0. The summed E-state index contributed by atoms with van der Waals surface area (Å²) in [6, 6.07) is 3.15. The Kier molecular flexibility index (Phi) is 5.15. The van der Waals surface area contributed by atoms with Crippen molar-refractivity contribution in [3.8, 4) is 5.75 Å². The lowest BCUT2D eigenvalue weighted by Crippen LogP contribution is -2.38. The van der Waals surface area contributed by atoms with E-state index in [1.165, 1.54) is 17.4 Å². The van der Waals surface area contributed by atoms with Crippen LogP contribution in [0.2, 0.25) is 0 Å². The van der Waals surface area contributed by atoms with E-state index in [0.29, 0.717) is 10.4 Å². The molecule has 120 valence electrons. The molecule has 0 aliphatic heterocycles. The lowest BCUT2D eigenvalue weighted by Gasteiger charge is -2.22. The Balaban J connectivity index is 2.07. The molecule has 2 aromatic rings. The van der Waals surface area contributed by atoms with Crippen molar-refractivity contribution in [1.82, 2.24) is 5.32 Å². The van der Waals surface area contributed by atoms with Gasteiger partial charge < -0.3 is 15.2 Å². The van der Waals surface area contributed by atoms with E-state index in [0.717, 1.165) is 11.3 Å². The number of ether oxygens (including phenoxy) is 1. The van der Waals surface area contributed by atoms with Crippen molar-refractivity contribution in [3.63, 3.8) is 0 Å². The first-order valence-electron chi connectivity index (χ1n) is 6.38. The van der Waals surface area contributed by atoms with Crippen molar-refractivity contribution in [2.24, 2.45) is 0 Å². The molecule has 2 rings (SSSR count). The smallest absolute Gasteiger partial charge is 0.387 e. The SMILES string of the molecule is Cc1cc(OC(F)F)c(C(=O)NCC(C)(O)c2ccsc2)s1. The summed E-state index contributed by atoms with van der Waals surface area (Å²) in [5, 5.41) is 16.5. The minimum Gasteiger partial charge on any atom is -0.433 e. The number of nitrogens with one attached hydrogen (secondary N) is 1. The van der Waals surface area contributed by atoms with E-state index in [2.05, 4.69) is 10.1 Å². The fourth-order valence-electron chi connectivity index (χ4n) is 1.84. The molecular formula is C14H15F2NO3S2. The molecule has 0 fully saturated rings.